The first kappa shape index (κ1) is 19.8. The first-order valence-corrected chi connectivity index (χ1v) is 7.80. The Labute approximate surface area is 147 Å². The van der Waals surface area contributed by atoms with Gasteiger partial charge in [-0.05, 0) is 47.9 Å². The smallest absolute Gasteiger partial charge is 0.451 e. The van der Waals surface area contributed by atoms with Crippen LogP contribution in [0.2, 0.25) is 5.02 Å². The van der Waals surface area contributed by atoms with Gasteiger partial charge in [0.15, 0.2) is 17.1 Å². The third-order valence-electron chi connectivity index (χ3n) is 2.69. The van der Waals surface area contributed by atoms with Crippen molar-refractivity contribution < 1.29 is 19.2 Å². The number of hydrogen-bond donors (Lipinski definition) is 3. The van der Waals surface area contributed by atoms with Gasteiger partial charge in [0, 0.05) is 23.2 Å². The molecule has 2 rings (SSSR count). The second-order valence-electron chi connectivity index (χ2n) is 4.26. The molecule has 9 heteroatoms. The van der Waals surface area contributed by atoms with Crippen molar-refractivity contribution in [3.8, 4) is 5.75 Å². The molecule has 0 aliphatic rings. The van der Waals surface area contributed by atoms with E-state index in [0.29, 0.717) is 10.5 Å². The highest BCUT2D eigenvalue weighted by Gasteiger charge is 2.14. The van der Waals surface area contributed by atoms with Crippen LogP contribution in [-0.2, 0) is 0 Å². The predicted molar refractivity (Wildman–Crippen MR) is 101 cm³/mol. The Hall–Kier alpha value is -1.24. The van der Waals surface area contributed by atoms with Crippen LogP contribution in [0.15, 0.2) is 36.4 Å². The number of thiocarbonyl (C=S) groups is 1. The third-order valence-corrected chi connectivity index (χ3v) is 3.49. The highest BCUT2D eigenvalue weighted by atomic mass is 35.5. The molecule has 4 nitrogen and oxygen atoms in total. The van der Waals surface area contributed by atoms with Crippen LogP contribution in [0.25, 0.3) is 0 Å². The summed E-state index contributed by atoms with van der Waals surface area (Å²) in [4.78, 5) is 0. The Morgan fingerprint density at radius 1 is 1.30 bits per heavy atom. The quantitative estimate of drug-likeness (QED) is 0.433. The molecule has 2 aromatic rings. The van der Waals surface area contributed by atoms with Gasteiger partial charge in [0.2, 0.25) is 0 Å². The number of nitrogens with one attached hydrogen (secondary N) is 1. The van der Waals surface area contributed by atoms with E-state index in [4.69, 9.17) is 26.4 Å². The lowest BCUT2D eigenvalue weighted by Gasteiger charge is -2.05. The fraction of sp³-hybridized carbons (Fsp3) is 0.0714. The molecule has 23 heavy (non-hydrogen) atoms. The standard InChI is InChI=1S/C7H9BClNO2.C7H6FOPS/c1-10-5-2-3-7(9)6(4-5)8(11)12;8-6-3-5(10)1-2-7(6)9-4-11/h2-4,10-12H,1H3;1-4H,10H2. The van der Waals surface area contributed by atoms with E-state index in [0.717, 1.165) is 16.5 Å². The van der Waals surface area contributed by atoms with Crippen LogP contribution < -0.4 is 20.8 Å². The van der Waals surface area contributed by atoms with E-state index in [9.17, 15) is 4.39 Å². The van der Waals surface area contributed by atoms with E-state index < -0.39 is 12.9 Å². The molecule has 0 amide bonds. The number of rotatable bonds is 4. The number of hydrogen-bond acceptors (Lipinski definition) is 5. The Balaban J connectivity index is 0.000000231. The maximum Gasteiger partial charge on any atom is 0.490 e. The molecule has 1 atom stereocenters. The minimum Gasteiger partial charge on any atom is -0.451 e. The van der Waals surface area contributed by atoms with Crippen LogP contribution in [0.4, 0.5) is 10.1 Å². The summed E-state index contributed by atoms with van der Waals surface area (Å²) >= 11 is 10.1. The third kappa shape index (κ3) is 6.41. The number of ether oxygens (including phenoxy) is 1. The first-order valence-electron chi connectivity index (χ1n) is 6.37. The second kappa shape index (κ2) is 9.80. The summed E-state index contributed by atoms with van der Waals surface area (Å²) in [6.07, 6.45) is 0. The van der Waals surface area contributed by atoms with Gasteiger partial charge in [-0.1, -0.05) is 17.7 Å². The van der Waals surface area contributed by atoms with Gasteiger partial charge in [0.1, 0.15) is 0 Å². The molecule has 1 unspecified atom stereocenters. The van der Waals surface area contributed by atoms with Crippen LogP contribution >= 0.6 is 33.1 Å². The minimum atomic E-state index is -1.52. The van der Waals surface area contributed by atoms with Crippen molar-refractivity contribution in [2.24, 2.45) is 0 Å². The van der Waals surface area contributed by atoms with Crippen molar-refractivity contribution in [3.05, 3.63) is 47.2 Å². The van der Waals surface area contributed by atoms with Crippen LogP contribution in [-0.4, -0.2) is 29.8 Å². The average Bonchev–Trinajstić information content (AvgIpc) is 2.51. The average molecular weight is 374 g/mol. The molecular weight excluding hydrogens is 358 g/mol. The number of halogens is 2. The van der Waals surface area contributed by atoms with E-state index in [1.54, 1.807) is 31.3 Å². The summed E-state index contributed by atoms with van der Waals surface area (Å²) in [6.45, 7) is 0. The maximum absolute atomic E-state index is 12.8. The lowest BCUT2D eigenvalue weighted by atomic mass is 9.80. The van der Waals surface area contributed by atoms with Crippen molar-refractivity contribution in [2.45, 2.75) is 0 Å². The second-order valence-corrected chi connectivity index (χ2v) is 5.53. The molecule has 0 aliphatic heterocycles. The van der Waals surface area contributed by atoms with Crippen LogP contribution in [0.3, 0.4) is 0 Å². The van der Waals surface area contributed by atoms with Gasteiger partial charge in [-0.2, -0.15) is 0 Å². The van der Waals surface area contributed by atoms with Crippen LogP contribution in [0, 0.1) is 5.82 Å². The molecule has 0 heterocycles. The van der Waals surface area contributed by atoms with Gasteiger partial charge < -0.3 is 20.1 Å². The summed E-state index contributed by atoms with van der Waals surface area (Å²) in [5.74, 6) is -0.246. The van der Waals surface area contributed by atoms with Crippen molar-refractivity contribution in [3.63, 3.8) is 0 Å². The summed E-state index contributed by atoms with van der Waals surface area (Å²) in [7, 11) is 2.61. The zero-order valence-corrected chi connectivity index (χ0v) is 14.9. The SMILES string of the molecule is CNc1ccc(Cl)c(B(O)O)c1.Fc1cc(P)ccc1OC=S. The van der Waals surface area contributed by atoms with Gasteiger partial charge in [-0.3, -0.25) is 0 Å². The predicted octanol–water partition coefficient (Wildman–Crippen LogP) is 1.72. The molecule has 3 N–H and O–H groups in total. The summed E-state index contributed by atoms with van der Waals surface area (Å²) in [5, 5.41) is 21.7. The fourth-order valence-electron chi connectivity index (χ4n) is 1.56. The van der Waals surface area contributed by atoms with Gasteiger partial charge in [-0.15, -0.1) is 9.24 Å². The van der Waals surface area contributed by atoms with Gasteiger partial charge in [0.25, 0.3) is 0 Å². The normalized spacial score (nSPS) is 9.48. The van der Waals surface area contributed by atoms with Crippen molar-refractivity contribution in [1.29, 1.82) is 0 Å². The van der Waals surface area contributed by atoms with E-state index in [1.807, 2.05) is 0 Å². The molecule has 122 valence electrons. The number of anilines is 1. The van der Waals surface area contributed by atoms with E-state index in [-0.39, 0.29) is 5.75 Å². The molecule has 2 aromatic carbocycles. The molecule has 0 bridgehead atoms. The van der Waals surface area contributed by atoms with Crippen LogP contribution in [0.1, 0.15) is 0 Å². The molecule has 0 radical (unpaired) electrons. The number of benzene rings is 2. The topological polar surface area (TPSA) is 61.7 Å². The monoisotopic (exact) mass is 373 g/mol. The van der Waals surface area contributed by atoms with E-state index in [1.165, 1.54) is 12.1 Å². The van der Waals surface area contributed by atoms with Crippen molar-refractivity contribution in [1.82, 2.24) is 0 Å². The Morgan fingerprint density at radius 3 is 2.52 bits per heavy atom. The molecule has 0 spiro atoms. The van der Waals surface area contributed by atoms with E-state index >= 15 is 0 Å². The lowest BCUT2D eigenvalue weighted by molar-refractivity contribution is 0.426. The van der Waals surface area contributed by atoms with Crippen molar-refractivity contribution >= 4 is 62.2 Å². The molecule has 0 aliphatic carbocycles. The highest BCUT2D eigenvalue weighted by Crippen LogP contribution is 2.14. The van der Waals surface area contributed by atoms with Crippen molar-refractivity contribution in [2.75, 3.05) is 12.4 Å². The lowest BCUT2D eigenvalue weighted by Crippen LogP contribution is -2.30. The molecule has 0 aromatic heterocycles. The zero-order valence-electron chi connectivity index (χ0n) is 12.2. The van der Waals surface area contributed by atoms with Gasteiger partial charge in [-0.25, -0.2) is 4.39 Å². The zero-order chi connectivity index (χ0) is 17.4. The Bertz CT molecular complexity index is 678. The molecule has 0 saturated heterocycles. The maximum atomic E-state index is 12.8. The first-order chi connectivity index (χ1) is 10.9. The largest absolute Gasteiger partial charge is 0.490 e. The summed E-state index contributed by atoms with van der Waals surface area (Å²) in [5.41, 5.74) is 2.13. The van der Waals surface area contributed by atoms with E-state index in [2.05, 4.69) is 26.8 Å². The Morgan fingerprint density at radius 2 is 2.00 bits per heavy atom. The summed E-state index contributed by atoms with van der Waals surface area (Å²) < 4.78 is 17.5. The van der Waals surface area contributed by atoms with Gasteiger partial charge in [0.05, 0.1) is 0 Å². The fourth-order valence-corrected chi connectivity index (χ4v) is 2.12. The Kier molecular flexibility index (Phi) is 8.44. The molecule has 0 fully saturated rings. The molecule has 0 saturated carbocycles. The minimum absolute atomic E-state index is 0.159. The van der Waals surface area contributed by atoms with Gasteiger partial charge >= 0.3 is 7.12 Å². The highest BCUT2D eigenvalue weighted by molar-refractivity contribution is 7.78. The van der Waals surface area contributed by atoms with Crippen LogP contribution in [0.5, 0.6) is 5.75 Å². The summed E-state index contributed by atoms with van der Waals surface area (Å²) in [6, 6.07) is 9.57. The molecular formula is C14H15BClFNO3PS.